The van der Waals surface area contributed by atoms with E-state index in [9.17, 15) is 5.26 Å². The number of hydrogen-bond acceptors (Lipinski definition) is 5. The summed E-state index contributed by atoms with van der Waals surface area (Å²) in [6.07, 6.45) is 2.32. The summed E-state index contributed by atoms with van der Waals surface area (Å²) >= 11 is 3.42. The van der Waals surface area contributed by atoms with Gasteiger partial charge in [0.1, 0.15) is 5.69 Å². The van der Waals surface area contributed by atoms with Gasteiger partial charge in [-0.15, -0.1) is 5.10 Å². The molecule has 6 nitrogen and oxygen atoms in total. The van der Waals surface area contributed by atoms with E-state index in [0.717, 1.165) is 10.2 Å². The summed E-state index contributed by atoms with van der Waals surface area (Å²) in [6, 6.07) is 9.16. The molecule has 0 aliphatic rings. The van der Waals surface area contributed by atoms with E-state index in [1.807, 2.05) is 24.3 Å². The van der Waals surface area contributed by atoms with Gasteiger partial charge in [-0.2, -0.15) is 5.26 Å². The number of hydrogen-bond donors (Lipinski definition) is 2. The van der Waals surface area contributed by atoms with E-state index >= 15 is 0 Å². The van der Waals surface area contributed by atoms with E-state index in [4.69, 9.17) is 5.11 Å². The largest absolute Gasteiger partial charge is 0.396 e. The Balaban J connectivity index is 2.11. The number of nitrogens with zero attached hydrogens (tertiary/aromatic N) is 4. The monoisotopic (exact) mass is 335 g/mol. The fourth-order valence-corrected chi connectivity index (χ4v) is 2.09. The molecule has 104 valence electrons. The third-order valence-electron chi connectivity index (χ3n) is 2.70. The van der Waals surface area contributed by atoms with Gasteiger partial charge >= 0.3 is 0 Å². The Morgan fingerprint density at radius 2 is 2.25 bits per heavy atom. The molecule has 0 amide bonds. The molecule has 1 atom stereocenters. The highest BCUT2D eigenvalue weighted by molar-refractivity contribution is 9.10. The number of anilines is 1. The van der Waals surface area contributed by atoms with Crippen molar-refractivity contribution in [2.75, 3.05) is 11.9 Å². The van der Waals surface area contributed by atoms with Crippen molar-refractivity contribution in [3.05, 3.63) is 40.6 Å². The quantitative estimate of drug-likeness (QED) is 0.844. The Morgan fingerprint density at radius 3 is 2.95 bits per heavy atom. The lowest BCUT2D eigenvalue weighted by Gasteiger charge is -2.11. The summed E-state index contributed by atoms with van der Waals surface area (Å²) in [7, 11) is 0. The fraction of sp³-hybridized carbons (Fsp3) is 0.308. The third-order valence-corrected chi connectivity index (χ3v) is 3.39. The molecule has 0 aliphatic heterocycles. The van der Waals surface area contributed by atoms with E-state index in [2.05, 4.69) is 37.6 Å². The molecular formula is C13H14BrN5O. The number of rotatable bonds is 6. The van der Waals surface area contributed by atoms with E-state index < -0.39 is 6.04 Å². The van der Waals surface area contributed by atoms with Gasteiger partial charge in [-0.3, -0.25) is 4.68 Å². The molecule has 2 rings (SSSR count). The lowest BCUT2D eigenvalue weighted by Crippen LogP contribution is -2.09. The number of aromatic nitrogens is 3. The van der Waals surface area contributed by atoms with Gasteiger partial charge in [-0.25, -0.2) is 0 Å². The van der Waals surface area contributed by atoms with Crippen molar-refractivity contribution in [2.24, 2.45) is 0 Å². The predicted octanol–water partition coefficient (Wildman–Crippen LogP) is 2.10. The highest BCUT2D eigenvalue weighted by Gasteiger charge is 2.15. The normalized spacial score (nSPS) is 11.8. The Morgan fingerprint density at radius 1 is 1.45 bits per heavy atom. The van der Waals surface area contributed by atoms with E-state index in [-0.39, 0.29) is 6.61 Å². The minimum absolute atomic E-state index is 0.103. The van der Waals surface area contributed by atoms with E-state index in [1.54, 1.807) is 10.9 Å². The van der Waals surface area contributed by atoms with Crippen molar-refractivity contribution in [3.63, 3.8) is 0 Å². The average Bonchev–Trinajstić information content (AvgIpc) is 2.93. The number of nitrogens with one attached hydrogen (secondary N) is 1. The molecule has 0 spiro atoms. The maximum Gasteiger partial charge on any atom is 0.160 e. The van der Waals surface area contributed by atoms with Crippen LogP contribution in [0, 0.1) is 11.3 Å². The fourth-order valence-electron chi connectivity index (χ4n) is 1.69. The zero-order chi connectivity index (χ0) is 14.4. The molecule has 0 bridgehead atoms. The maximum atomic E-state index is 9.27. The third kappa shape index (κ3) is 3.56. The van der Waals surface area contributed by atoms with Crippen molar-refractivity contribution in [3.8, 4) is 6.07 Å². The summed E-state index contributed by atoms with van der Waals surface area (Å²) in [5.41, 5.74) is 1.38. The Hall–Kier alpha value is -1.91. The topological polar surface area (TPSA) is 86.8 Å². The van der Waals surface area contributed by atoms with E-state index in [1.165, 1.54) is 0 Å². The number of halogens is 1. The molecule has 0 aliphatic carbocycles. The SMILES string of the molecule is N#CC(Nc1ccccc1Br)c1cn(CCCO)nn1. The van der Waals surface area contributed by atoms with Crippen LogP contribution in [0.5, 0.6) is 0 Å². The van der Waals surface area contributed by atoms with Crippen molar-refractivity contribution in [1.82, 2.24) is 15.0 Å². The average molecular weight is 336 g/mol. The number of nitriles is 1. The van der Waals surface area contributed by atoms with Crippen LogP contribution in [0.2, 0.25) is 0 Å². The van der Waals surface area contributed by atoms with Crippen molar-refractivity contribution in [1.29, 1.82) is 5.26 Å². The second-order valence-corrected chi connectivity index (χ2v) is 5.02. The van der Waals surface area contributed by atoms with Gasteiger partial charge in [-0.05, 0) is 34.5 Å². The van der Waals surface area contributed by atoms with Crippen molar-refractivity contribution in [2.45, 2.75) is 19.0 Å². The van der Waals surface area contributed by atoms with Gasteiger partial charge in [0.2, 0.25) is 0 Å². The highest BCUT2D eigenvalue weighted by atomic mass is 79.9. The molecule has 2 aromatic rings. The molecule has 0 saturated heterocycles. The van der Waals surface area contributed by atoms with Gasteiger partial charge in [0, 0.05) is 23.3 Å². The zero-order valence-corrected chi connectivity index (χ0v) is 12.3. The molecular weight excluding hydrogens is 322 g/mol. The predicted molar refractivity (Wildman–Crippen MR) is 77.8 cm³/mol. The molecule has 1 aromatic heterocycles. The Labute approximate surface area is 125 Å². The van der Waals surface area contributed by atoms with Crippen LogP contribution in [-0.2, 0) is 6.54 Å². The van der Waals surface area contributed by atoms with Gasteiger partial charge in [-0.1, -0.05) is 17.3 Å². The van der Waals surface area contributed by atoms with Crippen LogP contribution in [0.25, 0.3) is 0 Å². The molecule has 7 heteroatoms. The summed E-state index contributed by atoms with van der Waals surface area (Å²) < 4.78 is 2.50. The van der Waals surface area contributed by atoms with Crippen LogP contribution in [0.15, 0.2) is 34.9 Å². The molecule has 20 heavy (non-hydrogen) atoms. The molecule has 2 N–H and O–H groups in total. The van der Waals surface area contributed by atoms with Crippen LogP contribution < -0.4 is 5.32 Å². The van der Waals surface area contributed by atoms with E-state index in [0.29, 0.717) is 18.7 Å². The van der Waals surface area contributed by atoms with Crippen LogP contribution >= 0.6 is 15.9 Å². The van der Waals surface area contributed by atoms with Gasteiger partial charge in [0.15, 0.2) is 6.04 Å². The Kier molecular flexibility index (Phi) is 5.09. The minimum Gasteiger partial charge on any atom is -0.396 e. The first-order valence-corrected chi connectivity index (χ1v) is 6.95. The summed E-state index contributed by atoms with van der Waals surface area (Å²) in [5, 5.41) is 29.1. The number of benzene rings is 1. The number of para-hydroxylation sites is 1. The van der Waals surface area contributed by atoms with Crippen LogP contribution in [0.4, 0.5) is 5.69 Å². The van der Waals surface area contributed by atoms with Gasteiger partial charge in [0.05, 0.1) is 12.3 Å². The van der Waals surface area contributed by atoms with Gasteiger partial charge in [0.25, 0.3) is 0 Å². The van der Waals surface area contributed by atoms with Crippen LogP contribution in [-0.4, -0.2) is 26.7 Å². The molecule has 1 heterocycles. The molecule has 1 unspecified atom stereocenters. The number of aryl methyl sites for hydroxylation is 1. The van der Waals surface area contributed by atoms with Gasteiger partial charge < -0.3 is 10.4 Å². The molecule has 0 saturated carbocycles. The lowest BCUT2D eigenvalue weighted by molar-refractivity contribution is 0.276. The van der Waals surface area contributed by atoms with Crippen LogP contribution in [0.3, 0.4) is 0 Å². The summed E-state index contributed by atoms with van der Waals surface area (Å²) in [4.78, 5) is 0. The maximum absolute atomic E-state index is 9.27. The zero-order valence-electron chi connectivity index (χ0n) is 10.7. The first-order chi connectivity index (χ1) is 9.74. The summed E-state index contributed by atoms with van der Waals surface area (Å²) in [5.74, 6) is 0. The lowest BCUT2D eigenvalue weighted by atomic mass is 10.2. The standard InChI is InChI=1S/C13H14BrN5O/c14-10-4-1-2-5-11(10)16-12(8-15)13-9-19(18-17-13)6-3-7-20/h1-2,4-5,9,12,16,20H,3,6-7H2. The van der Waals surface area contributed by atoms with Crippen LogP contribution in [0.1, 0.15) is 18.2 Å². The second kappa shape index (κ2) is 7.03. The number of aliphatic hydroxyl groups is 1. The van der Waals surface area contributed by atoms with Crippen molar-refractivity contribution >= 4 is 21.6 Å². The minimum atomic E-state index is -0.573. The first kappa shape index (κ1) is 14.5. The Bertz CT molecular complexity index is 607. The first-order valence-electron chi connectivity index (χ1n) is 6.16. The van der Waals surface area contributed by atoms with Crippen molar-refractivity contribution < 1.29 is 5.11 Å². The smallest absolute Gasteiger partial charge is 0.160 e. The summed E-state index contributed by atoms with van der Waals surface area (Å²) in [6.45, 7) is 0.683. The second-order valence-electron chi connectivity index (χ2n) is 4.17. The molecule has 0 radical (unpaired) electrons. The molecule has 0 fully saturated rings. The molecule has 1 aromatic carbocycles. The number of aliphatic hydroxyl groups excluding tert-OH is 1. The highest BCUT2D eigenvalue weighted by Crippen LogP contribution is 2.25.